The molecule has 27 heavy (non-hydrogen) atoms. The van der Waals surface area contributed by atoms with E-state index in [0.29, 0.717) is 13.0 Å². The van der Waals surface area contributed by atoms with Crippen molar-refractivity contribution in [2.45, 2.75) is 12.6 Å². The minimum atomic E-state index is -4.62. The number of alkyl halides is 3. The van der Waals surface area contributed by atoms with Gasteiger partial charge in [-0.25, -0.2) is 14.5 Å². The lowest BCUT2D eigenvalue weighted by molar-refractivity contribution is -0.137. The molecule has 0 atom stereocenters. The largest absolute Gasteiger partial charge is 0.418 e. The Morgan fingerprint density at radius 1 is 1.19 bits per heavy atom. The molecule has 0 fully saturated rings. The molecule has 2 heterocycles. The van der Waals surface area contributed by atoms with Gasteiger partial charge >= 0.3 is 12.2 Å². The number of pyridine rings is 1. The second-order valence-corrected chi connectivity index (χ2v) is 5.52. The summed E-state index contributed by atoms with van der Waals surface area (Å²) in [5.41, 5.74) is -0.295. The second-order valence-electron chi connectivity index (χ2n) is 5.52. The lowest BCUT2D eigenvalue weighted by atomic mass is 10.1. The van der Waals surface area contributed by atoms with Gasteiger partial charge in [-0.05, 0) is 30.3 Å². The number of nitrogens with one attached hydrogen (secondary N) is 2. The highest BCUT2D eigenvalue weighted by Crippen LogP contribution is 2.35. The minimum absolute atomic E-state index is 0.0153. The van der Waals surface area contributed by atoms with Gasteiger partial charge in [0.15, 0.2) is 0 Å². The van der Waals surface area contributed by atoms with Crippen molar-refractivity contribution in [3.8, 4) is 5.69 Å². The molecule has 140 valence electrons. The fourth-order valence-electron chi connectivity index (χ4n) is 2.40. The van der Waals surface area contributed by atoms with Crippen LogP contribution in [0.1, 0.15) is 11.3 Å². The number of anilines is 1. The number of carbonyl (C=O) groups is 1. The predicted octanol–water partition coefficient (Wildman–Crippen LogP) is 3.05. The molecule has 3 rings (SSSR count). The highest BCUT2D eigenvalue weighted by Gasteiger charge is 2.34. The summed E-state index contributed by atoms with van der Waals surface area (Å²) < 4.78 is 41.1. The number of aromatic nitrogens is 4. The van der Waals surface area contributed by atoms with Crippen LogP contribution < -0.4 is 10.6 Å². The fourth-order valence-corrected chi connectivity index (χ4v) is 2.40. The van der Waals surface area contributed by atoms with Crippen molar-refractivity contribution in [1.82, 2.24) is 25.1 Å². The molecule has 0 aliphatic rings. The molecule has 2 N–H and O–H groups in total. The van der Waals surface area contributed by atoms with Crippen molar-refractivity contribution >= 4 is 11.7 Å². The van der Waals surface area contributed by atoms with E-state index < -0.39 is 17.8 Å². The van der Waals surface area contributed by atoms with Crippen LogP contribution in [0.5, 0.6) is 0 Å². The Kier molecular flexibility index (Phi) is 5.34. The number of hydrogen-bond acceptors (Lipinski definition) is 4. The fraction of sp³-hybridized carbons (Fsp3) is 0.176. The van der Waals surface area contributed by atoms with E-state index in [0.717, 1.165) is 22.8 Å². The molecule has 3 aromatic rings. The highest BCUT2D eigenvalue weighted by molar-refractivity contribution is 5.89. The molecule has 0 saturated heterocycles. The van der Waals surface area contributed by atoms with Crippen LogP contribution in [0.3, 0.4) is 0 Å². The molecule has 0 spiro atoms. The number of nitrogens with zero attached hydrogens (tertiary/aromatic N) is 4. The molecule has 10 heteroatoms. The molecule has 0 unspecified atom stereocenters. The summed E-state index contributed by atoms with van der Waals surface area (Å²) in [6.07, 6.45) is -0.157. The van der Waals surface area contributed by atoms with Crippen LogP contribution in [0.25, 0.3) is 5.69 Å². The Morgan fingerprint density at radius 2 is 2.04 bits per heavy atom. The molecule has 0 bridgehead atoms. The zero-order valence-electron chi connectivity index (χ0n) is 13.9. The number of hydrogen-bond donors (Lipinski definition) is 2. The molecular weight excluding hydrogens is 361 g/mol. The Morgan fingerprint density at radius 3 is 2.70 bits per heavy atom. The minimum Gasteiger partial charge on any atom is -0.337 e. The maximum absolute atomic E-state index is 13.4. The lowest BCUT2D eigenvalue weighted by Gasteiger charge is -2.15. The average molecular weight is 376 g/mol. The van der Waals surface area contributed by atoms with Crippen LogP contribution in [0.2, 0.25) is 0 Å². The topological polar surface area (TPSA) is 84.7 Å². The van der Waals surface area contributed by atoms with Gasteiger partial charge in [-0.1, -0.05) is 6.07 Å². The lowest BCUT2D eigenvalue weighted by Crippen LogP contribution is -2.30. The Labute approximate surface area is 152 Å². The van der Waals surface area contributed by atoms with E-state index in [-0.39, 0.29) is 11.4 Å². The first-order valence-electron chi connectivity index (χ1n) is 7.94. The van der Waals surface area contributed by atoms with Crippen molar-refractivity contribution in [2.75, 3.05) is 11.9 Å². The van der Waals surface area contributed by atoms with Crippen LogP contribution in [0.15, 0.2) is 55.2 Å². The molecular formula is C17H15F3N6O. The van der Waals surface area contributed by atoms with Crippen molar-refractivity contribution in [3.63, 3.8) is 0 Å². The van der Waals surface area contributed by atoms with Gasteiger partial charge in [0.05, 0.1) is 11.3 Å². The maximum atomic E-state index is 13.4. The monoisotopic (exact) mass is 376 g/mol. The van der Waals surface area contributed by atoms with E-state index in [1.165, 1.54) is 18.5 Å². The standard InChI is InChI=1S/C17H15F3N6O/c18-17(19,20)14-9-13(4-5-15(14)26-11-21-10-24-26)25-16(27)23-8-6-12-3-1-2-7-22-12/h1-5,7,9-11H,6,8H2,(H2,23,25,27). The Balaban J connectivity index is 1.67. The highest BCUT2D eigenvalue weighted by atomic mass is 19.4. The summed E-state index contributed by atoms with van der Waals surface area (Å²) in [6, 6.07) is 8.27. The van der Waals surface area contributed by atoms with Gasteiger partial charge in [-0.15, -0.1) is 0 Å². The van der Waals surface area contributed by atoms with Crippen LogP contribution in [0, 0.1) is 0 Å². The number of halogens is 3. The SMILES string of the molecule is O=C(NCCc1ccccn1)Nc1ccc(-n2cncn2)c(C(F)(F)F)c1. The van der Waals surface area contributed by atoms with E-state index in [2.05, 4.69) is 25.7 Å². The van der Waals surface area contributed by atoms with Gasteiger partial charge < -0.3 is 10.6 Å². The maximum Gasteiger partial charge on any atom is 0.418 e. The molecule has 1 aromatic carbocycles. The van der Waals surface area contributed by atoms with Crippen molar-refractivity contribution < 1.29 is 18.0 Å². The van der Waals surface area contributed by atoms with E-state index in [1.807, 2.05) is 12.1 Å². The summed E-state index contributed by atoms with van der Waals surface area (Å²) in [7, 11) is 0. The molecule has 0 radical (unpaired) electrons. The summed E-state index contributed by atoms with van der Waals surface area (Å²) in [5.74, 6) is 0. The summed E-state index contributed by atoms with van der Waals surface area (Å²) in [6.45, 7) is 0.298. The van der Waals surface area contributed by atoms with Gasteiger partial charge in [-0.2, -0.15) is 18.3 Å². The Bertz CT molecular complexity index is 897. The van der Waals surface area contributed by atoms with E-state index in [9.17, 15) is 18.0 Å². The van der Waals surface area contributed by atoms with Gasteiger partial charge in [0, 0.05) is 30.5 Å². The third kappa shape index (κ3) is 4.81. The van der Waals surface area contributed by atoms with Gasteiger partial charge in [0.25, 0.3) is 0 Å². The van der Waals surface area contributed by atoms with Crippen molar-refractivity contribution in [3.05, 3.63) is 66.5 Å². The Hall–Kier alpha value is -3.43. The molecule has 7 nitrogen and oxygen atoms in total. The zero-order valence-corrected chi connectivity index (χ0v) is 13.9. The number of rotatable bonds is 5. The first kappa shape index (κ1) is 18.4. The molecule has 0 aliphatic carbocycles. The zero-order chi connectivity index (χ0) is 19.3. The molecule has 0 saturated carbocycles. The van der Waals surface area contributed by atoms with Gasteiger partial charge in [-0.3, -0.25) is 4.98 Å². The van der Waals surface area contributed by atoms with Gasteiger partial charge in [0.1, 0.15) is 12.7 Å². The number of benzene rings is 1. The second kappa shape index (κ2) is 7.85. The van der Waals surface area contributed by atoms with Crippen LogP contribution in [-0.4, -0.2) is 32.3 Å². The third-order valence-electron chi connectivity index (χ3n) is 3.62. The molecule has 0 aliphatic heterocycles. The average Bonchev–Trinajstić information content (AvgIpc) is 3.16. The number of carbonyl (C=O) groups excluding carboxylic acids is 1. The van der Waals surface area contributed by atoms with Crippen molar-refractivity contribution in [2.24, 2.45) is 0 Å². The normalized spacial score (nSPS) is 11.2. The molecule has 2 amide bonds. The van der Waals surface area contributed by atoms with Crippen LogP contribution in [0.4, 0.5) is 23.7 Å². The summed E-state index contributed by atoms with van der Waals surface area (Å²) >= 11 is 0. The summed E-state index contributed by atoms with van der Waals surface area (Å²) in [4.78, 5) is 19.7. The first-order valence-corrected chi connectivity index (χ1v) is 7.94. The smallest absolute Gasteiger partial charge is 0.337 e. The van der Waals surface area contributed by atoms with E-state index in [4.69, 9.17) is 0 Å². The summed E-state index contributed by atoms with van der Waals surface area (Å²) in [5, 5.41) is 8.70. The predicted molar refractivity (Wildman–Crippen MR) is 91.3 cm³/mol. The van der Waals surface area contributed by atoms with E-state index >= 15 is 0 Å². The third-order valence-corrected chi connectivity index (χ3v) is 3.62. The number of urea groups is 1. The number of amides is 2. The van der Waals surface area contributed by atoms with Gasteiger partial charge in [0.2, 0.25) is 0 Å². The first-order chi connectivity index (χ1) is 12.9. The van der Waals surface area contributed by atoms with Crippen LogP contribution >= 0.6 is 0 Å². The quantitative estimate of drug-likeness (QED) is 0.717. The van der Waals surface area contributed by atoms with Crippen LogP contribution in [-0.2, 0) is 12.6 Å². The molecule has 2 aromatic heterocycles. The van der Waals surface area contributed by atoms with E-state index in [1.54, 1.807) is 12.3 Å². The van der Waals surface area contributed by atoms with Crippen molar-refractivity contribution in [1.29, 1.82) is 0 Å².